The Balaban J connectivity index is 2.31. The average Bonchev–Trinajstić information content (AvgIpc) is 2.54. The quantitative estimate of drug-likeness (QED) is 0.353. The van der Waals surface area contributed by atoms with Crippen LogP contribution in [-0.2, 0) is 0 Å². The van der Waals surface area contributed by atoms with E-state index in [-0.39, 0.29) is 17.9 Å². The number of carbonyl (C=O) groups is 2. The van der Waals surface area contributed by atoms with Crippen molar-refractivity contribution in [3.05, 3.63) is 72.3 Å². The Morgan fingerprint density at radius 1 is 1.10 bits per heavy atom. The highest BCUT2D eigenvalue weighted by molar-refractivity contribution is 5.93. The molecule has 0 spiro atoms. The summed E-state index contributed by atoms with van der Waals surface area (Å²) in [4.78, 5) is 23.2. The lowest BCUT2D eigenvalue weighted by Crippen LogP contribution is -2.11. The van der Waals surface area contributed by atoms with Crippen LogP contribution in [0.5, 0.6) is 11.5 Å². The topological polar surface area (TPSA) is 52.6 Å². The van der Waals surface area contributed by atoms with Gasteiger partial charge >= 0.3 is 5.97 Å². The molecule has 0 aliphatic heterocycles. The molecule has 0 radical (unpaired) electrons. The summed E-state index contributed by atoms with van der Waals surface area (Å²) < 4.78 is 10.7. The first kappa shape index (κ1) is 14.5. The second kappa shape index (κ2) is 7.05. The van der Waals surface area contributed by atoms with Gasteiger partial charge in [0, 0.05) is 0 Å². The number of ether oxygens (including phenoxy) is 2. The van der Waals surface area contributed by atoms with Crippen molar-refractivity contribution in [1.82, 2.24) is 0 Å². The molecule has 106 valence electrons. The summed E-state index contributed by atoms with van der Waals surface area (Å²) in [5, 5.41) is 0. The molecule has 0 saturated carbocycles. The maximum absolute atomic E-state index is 12.1. The van der Waals surface area contributed by atoms with Crippen LogP contribution in [0.25, 0.3) is 0 Å². The number of esters is 1. The highest BCUT2D eigenvalue weighted by atomic mass is 16.6. The Morgan fingerprint density at radius 3 is 2.52 bits per heavy atom. The number of benzene rings is 2. The van der Waals surface area contributed by atoms with Crippen molar-refractivity contribution in [1.29, 1.82) is 0 Å². The van der Waals surface area contributed by atoms with E-state index < -0.39 is 5.97 Å². The van der Waals surface area contributed by atoms with E-state index >= 15 is 0 Å². The van der Waals surface area contributed by atoms with Gasteiger partial charge in [0.15, 0.2) is 17.8 Å². The zero-order valence-corrected chi connectivity index (χ0v) is 11.3. The van der Waals surface area contributed by atoms with Gasteiger partial charge in [0.2, 0.25) is 0 Å². The third kappa shape index (κ3) is 3.57. The smallest absolute Gasteiger partial charge is 0.343 e. The molecule has 2 aromatic rings. The standard InChI is InChI=1S/C17H14O4/c1-2-11-20-15-10-6-9-14(12-18)16(15)21-17(19)13-7-4-3-5-8-13/h2-10,12H,1,11H2. The summed E-state index contributed by atoms with van der Waals surface area (Å²) in [6.07, 6.45) is 2.19. The van der Waals surface area contributed by atoms with Crippen LogP contribution >= 0.6 is 0 Å². The minimum atomic E-state index is -0.548. The maximum Gasteiger partial charge on any atom is 0.343 e. The van der Waals surface area contributed by atoms with Crippen LogP contribution in [0.1, 0.15) is 20.7 Å². The predicted octanol–water partition coefficient (Wildman–Crippen LogP) is 3.28. The fourth-order valence-electron chi connectivity index (χ4n) is 1.72. The molecule has 0 amide bonds. The SMILES string of the molecule is C=CCOc1cccc(C=O)c1OC(=O)c1ccccc1. The first-order valence-corrected chi connectivity index (χ1v) is 6.35. The van der Waals surface area contributed by atoms with Crippen molar-refractivity contribution in [3.8, 4) is 11.5 Å². The second-order valence-corrected chi connectivity index (χ2v) is 4.15. The van der Waals surface area contributed by atoms with Gasteiger partial charge in [-0.3, -0.25) is 4.79 Å². The van der Waals surface area contributed by atoms with E-state index in [0.717, 1.165) is 0 Å². The molecule has 0 aliphatic carbocycles. The molecule has 2 aromatic carbocycles. The van der Waals surface area contributed by atoms with Crippen molar-refractivity contribution >= 4 is 12.3 Å². The number of para-hydroxylation sites is 1. The Labute approximate surface area is 122 Å². The molecular weight excluding hydrogens is 268 g/mol. The lowest BCUT2D eigenvalue weighted by molar-refractivity contribution is 0.0727. The Hall–Kier alpha value is -2.88. The lowest BCUT2D eigenvalue weighted by atomic mass is 10.2. The van der Waals surface area contributed by atoms with Gasteiger partial charge in [0.25, 0.3) is 0 Å². The molecule has 0 N–H and O–H groups in total. The molecule has 4 heteroatoms. The van der Waals surface area contributed by atoms with Crippen molar-refractivity contribution in [2.75, 3.05) is 6.61 Å². The molecule has 0 unspecified atom stereocenters. The fourth-order valence-corrected chi connectivity index (χ4v) is 1.72. The summed E-state index contributed by atoms with van der Waals surface area (Å²) >= 11 is 0. The summed E-state index contributed by atoms with van der Waals surface area (Å²) in [6.45, 7) is 3.80. The minimum absolute atomic E-state index is 0.114. The summed E-state index contributed by atoms with van der Waals surface area (Å²) in [5.41, 5.74) is 0.647. The van der Waals surface area contributed by atoms with Gasteiger partial charge < -0.3 is 9.47 Å². The third-order valence-corrected chi connectivity index (χ3v) is 2.70. The molecule has 0 aliphatic rings. The van der Waals surface area contributed by atoms with Gasteiger partial charge in [-0.15, -0.1) is 0 Å². The highest BCUT2D eigenvalue weighted by Gasteiger charge is 2.16. The number of carbonyl (C=O) groups excluding carboxylic acids is 2. The molecule has 0 saturated heterocycles. The van der Waals surface area contributed by atoms with E-state index in [1.165, 1.54) is 0 Å². The Kier molecular flexibility index (Phi) is 4.88. The van der Waals surface area contributed by atoms with Gasteiger partial charge in [-0.25, -0.2) is 4.79 Å². The van der Waals surface area contributed by atoms with Gasteiger partial charge in [-0.1, -0.05) is 36.9 Å². The lowest BCUT2D eigenvalue weighted by Gasteiger charge is -2.12. The van der Waals surface area contributed by atoms with Crippen LogP contribution in [0.2, 0.25) is 0 Å². The van der Waals surface area contributed by atoms with Crippen molar-refractivity contribution in [2.45, 2.75) is 0 Å². The van der Waals surface area contributed by atoms with Crippen LogP contribution in [0, 0.1) is 0 Å². The van der Waals surface area contributed by atoms with Crippen LogP contribution in [0.15, 0.2) is 61.2 Å². The largest absolute Gasteiger partial charge is 0.486 e. The molecule has 0 aromatic heterocycles. The third-order valence-electron chi connectivity index (χ3n) is 2.70. The molecule has 21 heavy (non-hydrogen) atoms. The van der Waals surface area contributed by atoms with E-state index in [1.54, 1.807) is 54.6 Å². The number of aldehydes is 1. The van der Waals surface area contributed by atoms with Crippen LogP contribution < -0.4 is 9.47 Å². The summed E-state index contributed by atoms with van der Waals surface area (Å²) in [6, 6.07) is 13.4. The molecule has 0 bridgehead atoms. The second-order valence-electron chi connectivity index (χ2n) is 4.15. The van der Waals surface area contributed by atoms with Gasteiger partial charge in [-0.05, 0) is 24.3 Å². The number of hydrogen-bond donors (Lipinski definition) is 0. The van der Waals surface area contributed by atoms with Gasteiger partial charge in [0.1, 0.15) is 6.61 Å². The van der Waals surface area contributed by atoms with Crippen LogP contribution in [0.3, 0.4) is 0 Å². The molecular formula is C17H14O4. The molecule has 0 heterocycles. The summed E-state index contributed by atoms with van der Waals surface area (Å²) in [5.74, 6) is -0.111. The normalized spacial score (nSPS) is 9.71. The van der Waals surface area contributed by atoms with E-state index in [0.29, 0.717) is 17.6 Å². The average molecular weight is 282 g/mol. The minimum Gasteiger partial charge on any atom is -0.486 e. The first-order chi connectivity index (χ1) is 10.3. The number of hydrogen-bond acceptors (Lipinski definition) is 4. The van der Waals surface area contributed by atoms with Crippen molar-refractivity contribution in [3.63, 3.8) is 0 Å². The van der Waals surface area contributed by atoms with Crippen molar-refractivity contribution < 1.29 is 19.1 Å². The van der Waals surface area contributed by atoms with Crippen LogP contribution in [0.4, 0.5) is 0 Å². The Morgan fingerprint density at radius 2 is 1.86 bits per heavy atom. The fraction of sp³-hybridized carbons (Fsp3) is 0.0588. The zero-order valence-electron chi connectivity index (χ0n) is 11.3. The van der Waals surface area contributed by atoms with E-state index in [4.69, 9.17) is 9.47 Å². The van der Waals surface area contributed by atoms with Crippen molar-refractivity contribution in [2.24, 2.45) is 0 Å². The first-order valence-electron chi connectivity index (χ1n) is 6.35. The van der Waals surface area contributed by atoms with Gasteiger partial charge in [-0.2, -0.15) is 0 Å². The van der Waals surface area contributed by atoms with E-state index in [1.807, 2.05) is 0 Å². The van der Waals surface area contributed by atoms with E-state index in [9.17, 15) is 9.59 Å². The predicted molar refractivity (Wildman–Crippen MR) is 78.9 cm³/mol. The van der Waals surface area contributed by atoms with E-state index in [2.05, 4.69) is 6.58 Å². The number of rotatable bonds is 6. The maximum atomic E-state index is 12.1. The highest BCUT2D eigenvalue weighted by Crippen LogP contribution is 2.31. The monoisotopic (exact) mass is 282 g/mol. The molecule has 0 atom stereocenters. The molecule has 2 rings (SSSR count). The Bertz CT molecular complexity index is 647. The van der Waals surface area contributed by atoms with Gasteiger partial charge in [0.05, 0.1) is 11.1 Å². The molecule has 4 nitrogen and oxygen atoms in total. The summed E-state index contributed by atoms with van der Waals surface area (Å²) in [7, 11) is 0. The zero-order chi connectivity index (χ0) is 15.1. The van der Waals surface area contributed by atoms with Crippen LogP contribution in [-0.4, -0.2) is 18.9 Å². The molecule has 0 fully saturated rings.